The van der Waals surface area contributed by atoms with Crippen LogP contribution in [0.2, 0.25) is 0 Å². The van der Waals surface area contributed by atoms with Gasteiger partial charge >= 0.3 is 5.97 Å². The van der Waals surface area contributed by atoms with Crippen molar-refractivity contribution < 1.29 is 18.3 Å². The van der Waals surface area contributed by atoms with Crippen LogP contribution < -0.4 is 0 Å². The second-order valence-electron chi connectivity index (χ2n) is 4.07. The van der Waals surface area contributed by atoms with Gasteiger partial charge in [0.05, 0.1) is 11.3 Å². The van der Waals surface area contributed by atoms with Gasteiger partial charge in [-0.15, -0.1) is 0 Å². The number of rotatable bonds is 7. The van der Waals surface area contributed by atoms with Crippen molar-refractivity contribution in [3.8, 4) is 0 Å². The molecule has 19 heavy (non-hydrogen) atoms. The number of nitrogens with zero attached hydrogens (tertiary/aromatic N) is 1. The summed E-state index contributed by atoms with van der Waals surface area (Å²) in [5, 5.41) is 8.76. The van der Waals surface area contributed by atoms with Gasteiger partial charge < -0.3 is 5.11 Å². The van der Waals surface area contributed by atoms with Gasteiger partial charge in [-0.25, -0.2) is 17.5 Å². The van der Waals surface area contributed by atoms with E-state index in [-0.39, 0.29) is 11.3 Å². The maximum atomic E-state index is 12.0. The lowest BCUT2D eigenvalue weighted by atomic mass is 10.1. The molecule has 1 N–H and O–H groups in total. The smallest absolute Gasteiger partial charge is 0.335 e. The first kappa shape index (κ1) is 16.0. The molecule has 0 spiro atoms. The van der Waals surface area contributed by atoms with E-state index in [1.807, 2.05) is 6.26 Å². The number of hydrogen-bond donors (Lipinski definition) is 1. The van der Waals surface area contributed by atoms with Crippen molar-refractivity contribution in [1.82, 2.24) is 4.31 Å². The van der Waals surface area contributed by atoms with Crippen LogP contribution in [0.3, 0.4) is 0 Å². The molecule has 106 valence electrons. The maximum absolute atomic E-state index is 12.0. The number of carboxylic acid groups (broad SMARTS) is 1. The lowest BCUT2D eigenvalue weighted by Gasteiger charge is -2.16. The third-order valence-corrected chi connectivity index (χ3v) is 5.06. The Balaban J connectivity index is 2.75. The van der Waals surface area contributed by atoms with Gasteiger partial charge in [-0.2, -0.15) is 11.8 Å². The van der Waals surface area contributed by atoms with Crippen LogP contribution in [-0.4, -0.2) is 49.4 Å². The van der Waals surface area contributed by atoms with Crippen LogP contribution in [0.5, 0.6) is 0 Å². The fourth-order valence-corrected chi connectivity index (χ4v) is 3.20. The predicted molar refractivity (Wildman–Crippen MR) is 77.0 cm³/mol. The highest BCUT2D eigenvalue weighted by atomic mass is 32.2. The van der Waals surface area contributed by atoms with Gasteiger partial charge in [0, 0.05) is 19.3 Å². The number of carboxylic acids is 1. The van der Waals surface area contributed by atoms with E-state index in [1.165, 1.54) is 28.6 Å². The fourth-order valence-electron chi connectivity index (χ4n) is 1.42. The normalized spacial score (nSPS) is 11.7. The minimum absolute atomic E-state index is 0.113. The standard InChI is InChI=1S/C12H17NO4S2/c1-13(7-8-18-2)19(16,17)9-10-3-5-11(6-4-10)12(14)15/h3-6H,7-9H2,1-2H3,(H,14,15). The Hall–Kier alpha value is -1.05. The summed E-state index contributed by atoms with van der Waals surface area (Å²) < 4.78 is 25.4. The molecule has 0 aliphatic heterocycles. The monoisotopic (exact) mass is 303 g/mol. The van der Waals surface area contributed by atoms with Crippen molar-refractivity contribution in [1.29, 1.82) is 0 Å². The molecule has 0 saturated carbocycles. The zero-order valence-corrected chi connectivity index (χ0v) is 12.5. The van der Waals surface area contributed by atoms with Gasteiger partial charge in [0.1, 0.15) is 0 Å². The molecule has 7 heteroatoms. The summed E-state index contributed by atoms with van der Waals surface area (Å²) in [4.78, 5) is 10.7. The van der Waals surface area contributed by atoms with Crippen molar-refractivity contribution >= 4 is 27.8 Å². The summed E-state index contributed by atoms with van der Waals surface area (Å²) in [7, 11) is -1.79. The SMILES string of the molecule is CSCCN(C)S(=O)(=O)Cc1ccc(C(=O)O)cc1. The summed E-state index contributed by atoms with van der Waals surface area (Å²) in [5.74, 6) is -0.391. The average Bonchev–Trinajstić information content (AvgIpc) is 2.36. The quantitative estimate of drug-likeness (QED) is 0.826. The Bertz CT molecular complexity index is 525. The lowest BCUT2D eigenvalue weighted by molar-refractivity contribution is 0.0697. The predicted octanol–water partition coefficient (Wildman–Crippen LogP) is 1.51. The van der Waals surface area contributed by atoms with E-state index in [0.29, 0.717) is 12.1 Å². The molecule has 0 unspecified atom stereocenters. The topological polar surface area (TPSA) is 74.7 Å². The number of benzene rings is 1. The Morgan fingerprint density at radius 1 is 1.32 bits per heavy atom. The molecule has 5 nitrogen and oxygen atoms in total. The highest BCUT2D eigenvalue weighted by molar-refractivity contribution is 7.98. The van der Waals surface area contributed by atoms with Crippen LogP contribution in [0.15, 0.2) is 24.3 Å². The third kappa shape index (κ3) is 4.85. The highest BCUT2D eigenvalue weighted by Crippen LogP contribution is 2.11. The van der Waals surface area contributed by atoms with Gasteiger partial charge in [-0.1, -0.05) is 12.1 Å². The van der Waals surface area contributed by atoms with Crippen molar-refractivity contribution in [2.45, 2.75) is 5.75 Å². The molecular weight excluding hydrogens is 286 g/mol. The summed E-state index contributed by atoms with van der Waals surface area (Å²) in [6.45, 7) is 0.469. The summed E-state index contributed by atoms with van der Waals surface area (Å²) in [6.07, 6.45) is 1.92. The molecule has 1 aromatic carbocycles. The minimum atomic E-state index is -3.35. The summed E-state index contributed by atoms with van der Waals surface area (Å²) in [6, 6.07) is 5.89. The van der Waals surface area contributed by atoms with Crippen LogP contribution >= 0.6 is 11.8 Å². The molecule has 0 fully saturated rings. The van der Waals surface area contributed by atoms with Gasteiger partial charge in [0.25, 0.3) is 0 Å². The molecule has 0 radical (unpaired) electrons. The second-order valence-corrected chi connectivity index (χ2v) is 7.13. The van der Waals surface area contributed by atoms with E-state index in [0.717, 1.165) is 5.75 Å². The first-order valence-electron chi connectivity index (χ1n) is 5.62. The van der Waals surface area contributed by atoms with Crippen molar-refractivity contribution in [2.24, 2.45) is 0 Å². The summed E-state index contributed by atoms with van der Waals surface area (Å²) in [5.41, 5.74) is 0.734. The summed E-state index contributed by atoms with van der Waals surface area (Å²) >= 11 is 1.59. The molecule has 1 rings (SSSR count). The van der Waals surface area contributed by atoms with E-state index < -0.39 is 16.0 Å². The number of thioether (sulfide) groups is 1. The van der Waals surface area contributed by atoms with Crippen molar-refractivity contribution in [3.63, 3.8) is 0 Å². The molecule has 0 amide bonds. The number of aromatic carboxylic acids is 1. The van der Waals surface area contributed by atoms with Gasteiger partial charge in [-0.05, 0) is 24.0 Å². The van der Waals surface area contributed by atoms with Gasteiger partial charge in [-0.3, -0.25) is 0 Å². The van der Waals surface area contributed by atoms with E-state index in [1.54, 1.807) is 18.8 Å². The van der Waals surface area contributed by atoms with E-state index in [9.17, 15) is 13.2 Å². The zero-order valence-electron chi connectivity index (χ0n) is 10.9. The van der Waals surface area contributed by atoms with Crippen LogP contribution in [-0.2, 0) is 15.8 Å². The zero-order chi connectivity index (χ0) is 14.5. The van der Waals surface area contributed by atoms with E-state index in [2.05, 4.69) is 0 Å². The second kappa shape index (κ2) is 6.93. The Morgan fingerprint density at radius 3 is 2.37 bits per heavy atom. The average molecular weight is 303 g/mol. The van der Waals surface area contributed by atoms with Crippen LogP contribution in [0.25, 0.3) is 0 Å². The van der Waals surface area contributed by atoms with Gasteiger partial charge in [0.2, 0.25) is 10.0 Å². The van der Waals surface area contributed by atoms with E-state index in [4.69, 9.17) is 5.11 Å². The third-order valence-electron chi connectivity index (χ3n) is 2.64. The highest BCUT2D eigenvalue weighted by Gasteiger charge is 2.18. The molecule has 0 bridgehead atoms. The van der Waals surface area contributed by atoms with Crippen LogP contribution in [0.4, 0.5) is 0 Å². The minimum Gasteiger partial charge on any atom is -0.478 e. The molecule has 0 saturated heterocycles. The first-order valence-corrected chi connectivity index (χ1v) is 8.62. The lowest BCUT2D eigenvalue weighted by Crippen LogP contribution is -2.30. The maximum Gasteiger partial charge on any atom is 0.335 e. The first-order chi connectivity index (χ1) is 8.86. The fraction of sp³-hybridized carbons (Fsp3) is 0.417. The van der Waals surface area contributed by atoms with Crippen LogP contribution in [0, 0.1) is 0 Å². The number of sulfonamides is 1. The van der Waals surface area contributed by atoms with Gasteiger partial charge in [0.15, 0.2) is 0 Å². The Kier molecular flexibility index (Phi) is 5.84. The molecule has 0 aliphatic carbocycles. The molecule has 0 atom stereocenters. The van der Waals surface area contributed by atoms with Crippen molar-refractivity contribution in [2.75, 3.05) is 25.6 Å². The Morgan fingerprint density at radius 2 is 1.89 bits per heavy atom. The largest absolute Gasteiger partial charge is 0.478 e. The molecular formula is C12H17NO4S2. The van der Waals surface area contributed by atoms with Crippen LogP contribution in [0.1, 0.15) is 15.9 Å². The molecule has 0 heterocycles. The van der Waals surface area contributed by atoms with E-state index >= 15 is 0 Å². The Labute approximate surface area is 117 Å². The molecule has 0 aliphatic rings. The number of hydrogen-bond acceptors (Lipinski definition) is 4. The van der Waals surface area contributed by atoms with Crippen molar-refractivity contribution in [3.05, 3.63) is 35.4 Å². The molecule has 1 aromatic rings. The number of carbonyl (C=O) groups is 1. The molecule has 0 aromatic heterocycles.